The van der Waals surface area contributed by atoms with E-state index < -0.39 is 6.10 Å². The van der Waals surface area contributed by atoms with Gasteiger partial charge in [0.2, 0.25) is 0 Å². The Balaban J connectivity index is 1.67. The van der Waals surface area contributed by atoms with Crippen molar-refractivity contribution in [3.05, 3.63) is 53.6 Å². The summed E-state index contributed by atoms with van der Waals surface area (Å²) in [5, 5.41) is 11.1. The van der Waals surface area contributed by atoms with Crippen molar-refractivity contribution in [1.29, 1.82) is 0 Å². The number of halogens is 1. The number of rotatable bonds is 4. The molecule has 1 saturated heterocycles. The summed E-state index contributed by atoms with van der Waals surface area (Å²) in [4.78, 5) is 6.47. The van der Waals surface area contributed by atoms with E-state index in [1.165, 1.54) is 0 Å². The van der Waals surface area contributed by atoms with Gasteiger partial charge >= 0.3 is 0 Å². The quantitative estimate of drug-likeness (QED) is 0.941. The molecule has 1 fully saturated rings. The van der Waals surface area contributed by atoms with Crippen LogP contribution in [0.4, 0.5) is 0 Å². The molecule has 1 aromatic heterocycles. The Kier molecular flexibility index (Phi) is 4.81. The van der Waals surface area contributed by atoms with Crippen LogP contribution in [0.1, 0.15) is 31.1 Å². The molecule has 3 atom stereocenters. The maximum Gasteiger partial charge on any atom is 0.0949 e. The third kappa shape index (κ3) is 3.35. The van der Waals surface area contributed by atoms with E-state index >= 15 is 0 Å². The zero-order valence-corrected chi connectivity index (χ0v) is 13.5. The number of aliphatic hydroxyl groups is 1. The van der Waals surface area contributed by atoms with Crippen molar-refractivity contribution in [1.82, 2.24) is 14.5 Å². The lowest BCUT2D eigenvalue weighted by Gasteiger charge is -2.38. The van der Waals surface area contributed by atoms with E-state index in [9.17, 15) is 5.11 Å². The molecule has 1 aliphatic heterocycles. The molecule has 22 heavy (non-hydrogen) atoms. The van der Waals surface area contributed by atoms with Crippen LogP contribution in [0.2, 0.25) is 5.02 Å². The fourth-order valence-corrected chi connectivity index (χ4v) is 3.48. The molecule has 4 nitrogen and oxygen atoms in total. The summed E-state index contributed by atoms with van der Waals surface area (Å²) in [6.07, 6.45) is 6.30. The van der Waals surface area contributed by atoms with E-state index in [1.54, 1.807) is 0 Å². The summed E-state index contributed by atoms with van der Waals surface area (Å²) in [7, 11) is 0. The molecule has 5 heteroatoms. The van der Waals surface area contributed by atoms with Gasteiger partial charge in [-0.2, -0.15) is 0 Å². The zero-order chi connectivity index (χ0) is 15.5. The number of likely N-dealkylation sites (tertiary alicyclic amines) is 1. The molecule has 1 N–H and O–H groups in total. The van der Waals surface area contributed by atoms with E-state index in [0.29, 0.717) is 23.5 Å². The van der Waals surface area contributed by atoms with Gasteiger partial charge in [-0.1, -0.05) is 36.7 Å². The highest BCUT2D eigenvalue weighted by atomic mass is 35.5. The first-order chi connectivity index (χ1) is 10.6. The molecule has 0 radical (unpaired) electrons. The van der Waals surface area contributed by atoms with Gasteiger partial charge in [0, 0.05) is 42.1 Å². The number of hydrogen-bond acceptors (Lipinski definition) is 3. The fraction of sp³-hybridized carbons (Fsp3) is 0.471. The average molecular weight is 320 g/mol. The maximum absolute atomic E-state index is 10.5. The van der Waals surface area contributed by atoms with E-state index in [4.69, 9.17) is 11.6 Å². The second-order valence-corrected chi connectivity index (χ2v) is 6.55. The minimum Gasteiger partial charge on any atom is -0.387 e. The molecular weight excluding hydrogens is 298 g/mol. The van der Waals surface area contributed by atoms with Crippen LogP contribution in [0.5, 0.6) is 0 Å². The van der Waals surface area contributed by atoms with Crippen LogP contribution in [0, 0.1) is 5.92 Å². The van der Waals surface area contributed by atoms with Crippen molar-refractivity contribution in [3.8, 4) is 0 Å². The minimum atomic E-state index is -0.550. The zero-order valence-electron chi connectivity index (χ0n) is 12.8. The SMILES string of the molecule is CC1CCN(C[C@H](O)c2ccccc2Cl)CC1n1ccnc1. The largest absolute Gasteiger partial charge is 0.387 e. The Labute approximate surface area is 136 Å². The van der Waals surface area contributed by atoms with Gasteiger partial charge in [0.05, 0.1) is 12.4 Å². The van der Waals surface area contributed by atoms with Gasteiger partial charge in [0.25, 0.3) is 0 Å². The second kappa shape index (κ2) is 6.82. The molecule has 118 valence electrons. The number of aliphatic hydroxyl groups excluding tert-OH is 1. The van der Waals surface area contributed by atoms with Gasteiger partial charge in [-0.05, 0) is 24.9 Å². The predicted octanol–water partition coefficient (Wildman–Crippen LogP) is 3.15. The Morgan fingerprint density at radius 1 is 1.41 bits per heavy atom. The first-order valence-corrected chi connectivity index (χ1v) is 8.15. The summed E-state index contributed by atoms with van der Waals surface area (Å²) in [5.41, 5.74) is 0.807. The molecule has 2 heterocycles. The number of piperidine rings is 1. The molecule has 0 bridgehead atoms. The molecule has 1 aromatic carbocycles. The highest BCUT2D eigenvalue weighted by molar-refractivity contribution is 6.31. The van der Waals surface area contributed by atoms with Crippen molar-refractivity contribution in [2.45, 2.75) is 25.5 Å². The highest BCUT2D eigenvalue weighted by Crippen LogP contribution is 2.29. The monoisotopic (exact) mass is 319 g/mol. The summed E-state index contributed by atoms with van der Waals surface area (Å²) in [6, 6.07) is 7.93. The van der Waals surface area contributed by atoms with Gasteiger partial charge < -0.3 is 9.67 Å². The van der Waals surface area contributed by atoms with Crippen molar-refractivity contribution in [2.24, 2.45) is 5.92 Å². The summed E-state index contributed by atoms with van der Waals surface area (Å²) >= 11 is 6.18. The predicted molar refractivity (Wildman–Crippen MR) is 87.9 cm³/mol. The molecule has 2 aromatic rings. The van der Waals surface area contributed by atoms with Crippen molar-refractivity contribution >= 4 is 11.6 Å². The number of nitrogens with zero attached hydrogens (tertiary/aromatic N) is 3. The number of hydrogen-bond donors (Lipinski definition) is 1. The number of imidazole rings is 1. The van der Waals surface area contributed by atoms with Crippen LogP contribution in [-0.4, -0.2) is 39.2 Å². The average Bonchev–Trinajstić information content (AvgIpc) is 3.03. The van der Waals surface area contributed by atoms with Gasteiger partial charge in [-0.15, -0.1) is 0 Å². The first kappa shape index (κ1) is 15.5. The molecule has 0 aliphatic carbocycles. The molecule has 3 rings (SSSR count). The molecular formula is C17H22ClN3O. The van der Waals surface area contributed by atoms with E-state index in [-0.39, 0.29) is 0 Å². The lowest BCUT2D eigenvalue weighted by molar-refractivity contribution is 0.0686. The van der Waals surface area contributed by atoms with Crippen molar-refractivity contribution in [3.63, 3.8) is 0 Å². The molecule has 0 amide bonds. The standard InChI is InChI=1S/C17H22ClN3O/c1-13-6-8-20(10-16(13)21-9-7-19-12-21)11-17(22)14-4-2-3-5-15(14)18/h2-5,7,9,12-13,16-17,22H,6,8,10-11H2,1H3/t13?,16?,17-/m0/s1. The summed E-state index contributed by atoms with van der Waals surface area (Å²) < 4.78 is 2.18. The van der Waals surface area contributed by atoms with Crippen molar-refractivity contribution in [2.75, 3.05) is 19.6 Å². The van der Waals surface area contributed by atoms with Crippen LogP contribution in [0.15, 0.2) is 43.0 Å². The maximum atomic E-state index is 10.5. The second-order valence-electron chi connectivity index (χ2n) is 6.14. The molecule has 0 spiro atoms. The summed E-state index contributed by atoms with van der Waals surface area (Å²) in [5.74, 6) is 0.614. The van der Waals surface area contributed by atoms with Gasteiger partial charge in [-0.3, -0.25) is 4.90 Å². The number of aromatic nitrogens is 2. The van der Waals surface area contributed by atoms with Crippen LogP contribution >= 0.6 is 11.6 Å². The van der Waals surface area contributed by atoms with E-state index in [1.807, 2.05) is 43.0 Å². The fourth-order valence-electron chi connectivity index (χ4n) is 3.22. The van der Waals surface area contributed by atoms with Crippen LogP contribution in [0.3, 0.4) is 0 Å². The minimum absolute atomic E-state index is 0.412. The molecule has 2 unspecified atom stereocenters. The molecule has 0 saturated carbocycles. The van der Waals surface area contributed by atoms with Crippen LogP contribution in [0.25, 0.3) is 0 Å². The van der Waals surface area contributed by atoms with Crippen molar-refractivity contribution < 1.29 is 5.11 Å². The third-order valence-corrected chi connectivity index (χ3v) is 4.95. The lowest BCUT2D eigenvalue weighted by atomic mass is 9.93. The van der Waals surface area contributed by atoms with E-state index in [0.717, 1.165) is 25.1 Å². The lowest BCUT2D eigenvalue weighted by Crippen LogP contribution is -2.42. The Hall–Kier alpha value is -1.36. The smallest absolute Gasteiger partial charge is 0.0949 e. The van der Waals surface area contributed by atoms with E-state index in [2.05, 4.69) is 21.4 Å². The van der Waals surface area contributed by atoms with Gasteiger partial charge in [-0.25, -0.2) is 4.98 Å². The topological polar surface area (TPSA) is 41.3 Å². The summed E-state index contributed by atoms with van der Waals surface area (Å²) in [6.45, 7) is 4.83. The Morgan fingerprint density at radius 3 is 2.95 bits per heavy atom. The third-order valence-electron chi connectivity index (χ3n) is 4.61. The highest BCUT2D eigenvalue weighted by Gasteiger charge is 2.28. The first-order valence-electron chi connectivity index (χ1n) is 7.77. The normalized spacial score (nSPS) is 24.3. The number of benzene rings is 1. The van der Waals surface area contributed by atoms with Gasteiger partial charge in [0.1, 0.15) is 0 Å². The van der Waals surface area contributed by atoms with Crippen LogP contribution < -0.4 is 0 Å². The molecule has 1 aliphatic rings. The van der Waals surface area contributed by atoms with Gasteiger partial charge in [0.15, 0.2) is 0 Å². The Morgan fingerprint density at radius 2 is 2.23 bits per heavy atom. The number of β-amino-alcohol motifs (C(OH)–C–C–N with tert-alkyl or cyclic N) is 1. The van der Waals surface area contributed by atoms with Crippen LogP contribution in [-0.2, 0) is 0 Å². The Bertz CT molecular complexity index is 602.